The minimum Gasteiger partial charge on any atom is -0.456 e. The van der Waals surface area contributed by atoms with Gasteiger partial charge >= 0.3 is 0 Å². The Hall–Kier alpha value is -17.6. The van der Waals surface area contributed by atoms with Crippen molar-refractivity contribution in [1.29, 1.82) is 0 Å². The summed E-state index contributed by atoms with van der Waals surface area (Å²) >= 11 is 0. The molecule has 0 saturated carbocycles. The van der Waals surface area contributed by atoms with Crippen molar-refractivity contribution in [3.05, 3.63) is 448 Å². The molecule has 0 aliphatic carbocycles. The summed E-state index contributed by atoms with van der Waals surface area (Å²) in [6.45, 7) is 0. The van der Waals surface area contributed by atoms with Crippen LogP contribution in [0.2, 0.25) is 0 Å². The number of fused-ring (bicyclic) bond motifs is 20. The van der Waals surface area contributed by atoms with Crippen molar-refractivity contribution in [3.8, 4) is 79.7 Å². The topological polar surface area (TPSA) is 156 Å². The van der Waals surface area contributed by atoms with Gasteiger partial charge in [0, 0.05) is 128 Å². The number of hydrogen-bond acceptors (Lipinski definition) is 11. The molecule has 2 N–H and O–H groups in total. The third kappa shape index (κ3) is 13.5. The summed E-state index contributed by atoms with van der Waals surface area (Å²) in [4.78, 5) is 30.2. The maximum Gasteiger partial charge on any atom is 0.238 e. The van der Waals surface area contributed by atoms with Crippen molar-refractivity contribution in [2.75, 3.05) is 0 Å². The normalized spacial score (nSPS) is 14.1. The molecule has 3 atom stereocenters. The molecule has 0 spiro atoms. The first kappa shape index (κ1) is 77.6. The summed E-state index contributed by atoms with van der Waals surface area (Å²) in [7, 11) is 0. The Morgan fingerprint density at radius 2 is 0.582 bits per heavy atom. The molecule has 1 fully saturated rings. The molecule has 0 radical (unpaired) electrons. The van der Waals surface area contributed by atoms with Gasteiger partial charge in [-0.05, 0) is 118 Å². The highest BCUT2D eigenvalue weighted by Crippen LogP contribution is 2.46. The van der Waals surface area contributed by atoms with E-state index in [9.17, 15) is 0 Å². The molecule has 3 unspecified atom stereocenters. The van der Waals surface area contributed by atoms with E-state index in [4.69, 9.17) is 43.2 Å². The van der Waals surface area contributed by atoms with Crippen LogP contribution in [-0.4, -0.2) is 43.6 Å². The molecule has 1 aliphatic heterocycles. The van der Waals surface area contributed by atoms with E-state index >= 15 is 0 Å². The van der Waals surface area contributed by atoms with Crippen LogP contribution in [0.25, 0.3) is 232 Å². The minimum absolute atomic E-state index is 0.135. The first-order valence-electron chi connectivity index (χ1n) is 45.4. The molecule has 8 aromatic heterocycles. The van der Waals surface area contributed by atoms with Crippen LogP contribution in [0.15, 0.2) is 450 Å². The lowest BCUT2D eigenvalue weighted by Gasteiger charge is -2.39. The average molecular weight is 1720 g/mol. The standard InChI is InChI=1S/C43H26N4O.C39H24N4O.C38H29N3O/c1-3-13-27(14-4-1)41-44-42(28-15-5-2-6-16-28)46-43(45-41)33-23-24-37(30-18-8-7-17-29(30)33)47-36-21-11-9-19-31(36)34-25-35-32-20-10-12-22-39(32)48-40(35)26-38(34)47;1-3-11-25(12-4-1)26-19-21-28(22-20-26)38-40-37(27-13-5-2-6-14-27)41-39(42-38)43-33-17-9-7-15-29(33)31-23-32-30-16-8-10-18-35(30)44-36(32)24-34(31)43;1-2-11-25(12-3-1)32-22-33(27-19-18-24-10-4-5-13-26(24)20-27)40-38(39-32)41-34-16-8-6-14-28(34)30-21-31-29-15-7-9-17-36(29)42-37(31)23-35(30)41/h1-26H;1-24H;1-21,23,32-33,38-40H,22H2. The lowest BCUT2D eigenvalue weighted by Crippen LogP contribution is -2.48. The number of para-hydroxylation sites is 6. The van der Waals surface area contributed by atoms with Crippen molar-refractivity contribution in [3.63, 3.8) is 0 Å². The number of nitrogens with one attached hydrogen (secondary N) is 2. The van der Waals surface area contributed by atoms with E-state index in [0.717, 1.165) is 160 Å². The molecule has 19 aromatic carbocycles. The van der Waals surface area contributed by atoms with Gasteiger partial charge in [0.2, 0.25) is 5.95 Å². The molecule has 28 rings (SSSR count). The molecule has 0 bridgehead atoms. The van der Waals surface area contributed by atoms with E-state index in [1.807, 2.05) is 127 Å². The number of nitrogens with zero attached hydrogens (tertiary/aromatic N) is 9. The van der Waals surface area contributed by atoms with Crippen molar-refractivity contribution in [2.24, 2.45) is 0 Å². The van der Waals surface area contributed by atoms with Gasteiger partial charge in [0.1, 0.15) is 39.8 Å². The molecule has 14 heteroatoms. The van der Waals surface area contributed by atoms with Crippen LogP contribution in [0.3, 0.4) is 0 Å². The Bertz CT molecular complexity index is 9210. The Labute approximate surface area is 767 Å². The van der Waals surface area contributed by atoms with Crippen molar-refractivity contribution in [1.82, 2.24) is 54.2 Å². The second-order valence-electron chi connectivity index (χ2n) is 34.4. The van der Waals surface area contributed by atoms with E-state index in [-0.39, 0.29) is 18.4 Å². The minimum atomic E-state index is -0.135. The maximum absolute atomic E-state index is 6.37. The molecule has 9 heterocycles. The zero-order valence-electron chi connectivity index (χ0n) is 72.3. The summed E-state index contributed by atoms with van der Waals surface area (Å²) in [5.74, 6) is 3.71. The van der Waals surface area contributed by atoms with Gasteiger partial charge in [-0.3, -0.25) is 15.2 Å². The van der Waals surface area contributed by atoms with E-state index in [1.165, 1.54) is 54.5 Å². The maximum atomic E-state index is 6.37. The van der Waals surface area contributed by atoms with Crippen molar-refractivity contribution >= 4 is 153 Å². The highest BCUT2D eigenvalue weighted by molar-refractivity contribution is 6.21. The Morgan fingerprint density at radius 1 is 0.216 bits per heavy atom. The molecule has 27 aromatic rings. The van der Waals surface area contributed by atoms with Crippen LogP contribution in [0.4, 0.5) is 0 Å². The van der Waals surface area contributed by atoms with Gasteiger partial charge in [-0.15, -0.1) is 0 Å². The predicted molar refractivity (Wildman–Crippen MR) is 546 cm³/mol. The number of furan rings is 3. The molecule has 14 nitrogen and oxygen atoms in total. The monoisotopic (exact) mass is 1720 g/mol. The lowest BCUT2D eigenvalue weighted by atomic mass is 9.91. The van der Waals surface area contributed by atoms with Gasteiger partial charge in [-0.1, -0.05) is 346 Å². The van der Waals surface area contributed by atoms with Gasteiger partial charge < -0.3 is 22.4 Å². The predicted octanol–water partition coefficient (Wildman–Crippen LogP) is 30.3. The number of rotatable bonds is 11. The molecule has 632 valence electrons. The first-order chi connectivity index (χ1) is 66.4. The molecule has 1 saturated heterocycles. The zero-order chi connectivity index (χ0) is 88.3. The van der Waals surface area contributed by atoms with E-state index in [2.05, 4.69) is 334 Å². The summed E-state index contributed by atoms with van der Waals surface area (Å²) in [5, 5.41) is 26.6. The van der Waals surface area contributed by atoms with Crippen molar-refractivity contribution < 1.29 is 13.3 Å². The fourth-order valence-corrected chi connectivity index (χ4v) is 20.2. The third-order valence-corrected chi connectivity index (χ3v) is 26.6. The molecular weight excluding hydrogens is 1640 g/mol. The Balaban J connectivity index is 0.000000105. The van der Waals surface area contributed by atoms with Crippen LogP contribution in [0.5, 0.6) is 0 Å². The van der Waals surface area contributed by atoms with E-state index in [0.29, 0.717) is 35.1 Å². The smallest absolute Gasteiger partial charge is 0.238 e. The van der Waals surface area contributed by atoms with E-state index < -0.39 is 0 Å². The van der Waals surface area contributed by atoms with Gasteiger partial charge in [-0.25, -0.2) is 19.9 Å². The van der Waals surface area contributed by atoms with Gasteiger partial charge in [0.25, 0.3) is 0 Å². The summed E-state index contributed by atoms with van der Waals surface area (Å²) in [5.41, 5.74) is 22.6. The zero-order valence-corrected chi connectivity index (χ0v) is 72.3. The van der Waals surface area contributed by atoms with Gasteiger partial charge in [0.15, 0.2) is 29.1 Å². The molecular formula is C120H79N11O3. The highest BCUT2D eigenvalue weighted by Gasteiger charge is 2.34. The lowest BCUT2D eigenvalue weighted by molar-refractivity contribution is 0.197. The summed E-state index contributed by atoms with van der Waals surface area (Å²) < 4.78 is 26.0. The van der Waals surface area contributed by atoms with Crippen LogP contribution < -0.4 is 10.6 Å². The Kier molecular flexibility index (Phi) is 18.7. The molecule has 134 heavy (non-hydrogen) atoms. The van der Waals surface area contributed by atoms with Crippen molar-refractivity contribution in [2.45, 2.75) is 24.8 Å². The number of hydrogen-bond donors (Lipinski definition) is 2. The quantitative estimate of drug-likeness (QED) is 0.127. The first-order valence-corrected chi connectivity index (χ1v) is 45.4. The fourth-order valence-electron chi connectivity index (χ4n) is 20.2. The van der Waals surface area contributed by atoms with E-state index in [1.54, 1.807) is 0 Å². The number of aromatic nitrogens is 9. The van der Waals surface area contributed by atoms with Crippen LogP contribution in [0, 0.1) is 0 Å². The van der Waals surface area contributed by atoms with Crippen LogP contribution in [0.1, 0.15) is 35.9 Å². The van der Waals surface area contributed by atoms with Gasteiger partial charge in [-0.2, -0.15) is 9.97 Å². The summed E-state index contributed by atoms with van der Waals surface area (Å²) in [6.07, 6.45) is 0.814. The third-order valence-electron chi connectivity index (χ3n) is 26.6. The summed E-state index contributed by atoms with van der Waals surface area (Å²) in [6, 6.07) is 152. The highest BCUT2D eigenvalue weighted by atomic mass is 16.3. The SMILES string of the molecule is c1ccc(-c2ccc(-c3nc(-c4ccccc4)nc(-n4c5ccccc5c5cc6c(cc54)oc4ccccc46)n3)cc2)cc1.c1ccc(-c2nc(-c3ccccc3)nc(-c3ccc(-n4c5ccccc5c5cc6c(cc54)oc4ccccc46)c4ccccc34)n2)cc1.c1ccc(C2CC(c3ccc4ccccc4c3)NC(n3c4ccccc4c4cc5c(cc43)oc3ccccc35)N2)cc1. The van der Waals surface area contributed by atoms with Crippen LogP contribution in [-0.2, 0) is 0 Å². The Morgan fingerprint density at radius 3 is 1.11 bits per heavy atom. The number of benzene rings is 19. The second-order valence-corrected chi connectivity index (χ2v) is 34.4. The molecule has 1 aliphatic rings. The molecule has 0 amide bonds. The van der Waals surface area contributed by atoms with Crippen LogP contribution >= 0.6 is 0 Å². The second kappa shape index (κ2) is 32.3. The largest absolute Gasteiger partial charge is 0.456 e. The fraction of sp³-hybridized carbons (Fsp3) is 0.0333. The van der Waals surface area contributed by atoms with Gasteiger partial charge in [0.05, 0.1) is 38.8 Å². The average Bonchev–Trinajstić information content (AvgIpc) is 1.56.